The van der Waals surface area contributed by atoms with E-state index in [0.717, 1.165) is 5.39 Å². The number of halogens is 2. The number of aromatic nitrogens is 5. The number of para-hydroxylation sites is 1. The maximum atomic E-state index is 12.4. The molecule has 0 fully saturated rings. The summed E-state index contributed by atoms with van der Waals surface area (Å²) in [6.45, 7) is 0. The summed E-state index contributed by atoms with van der Waals surface area (Å²) in [4.78, 5) is 19.7. The minimum atomic E-state index is -0.338. The maximum Gasteiger partial charge on any atom is 0.294 e. The number of fused-ring (bicyclic) bond motifs is 3. The number of aromatic amines is 1. The molecule has 11 heteroatoms. The van der Waals surface area contributed by atoms with Gasteiger partial charge in [0, 0.05) is 16.0 Å². The minimum Gasteiger partial charge on any atom is -0.449 e. The average Bonchev–Trinajstić information content (AvgIpc) is 3.28. The molecule has 0 aliphatic carbocycles. The van der Waals surface area contributed by atoms with Crippen LogP contribution in [-0.2, 0) is 5.75 Å². The highest BCUT2D eigenvalue weighted by Gasteiger charge is 2.17. The van der Waals surface area contributed by atoms with E-state index in [2.05, 4.69) is 20.2 Å². The van der Waals surface area contributed by atoms with Crippen molar-refractivity contribution in [3.8, 4) is 11.4 Å². The van der Waals surface area contributed by atoms with Crippen molar-refractivity contribution in [3.63, 3.8) is 0 Å². The van der Waals surface area contributed by atoms with Gasteiger partial charge in [-0.3, -0.25) is 4.79 Å². The Kier molecular flexibility index (Phi) is 4.65. The zero-order valence-electron chi connectivity index (χ0n) is 15.1. The third kappa shape index (κ3) is 3.20. The molecule has 5 rings (SSSR count). The highest BCUT2D eigenvalue weighted by Crippen LogP contribution is 2.31. The van der Waals surface area contributed by atoms with Gasteiger partial charge < -0.3 is 15.2 Å². The lowest BCUT2D eigenvalue weighted by Crippen LogP contribution is -2.13. The van der Waals surface area contributed by atoms with Crippen molar-refractivity contribution in [1.29, 1.82) is 0 Å². The number of H-pyrrole nitrogens is 1. The Morgan fingerprint density at radius 2 is 2.00 bits per heavy atom. The fourth-order valence-electron chi connectivity index (χ4n) is 3.08. The Bertz CT molecular complexity index is 1480. The first-order valence-electron chi connectivity index (χ1n) is 8.70. The summed E-state index contributed by atoms with van der Waals surface area (Å²) in [5.41, 5.74) is 1.61. The van der Waals surface area contributed by atoms with Gasteiger partial charge in [-0.15, -0.1) is 10.2 Å². The topological polar surface area (TPSA) is 116 Å². The Balaban J connectivity index is 1.45. The van der Waals surface area contributed by atoms with Crippen LogP contribution in [0.5, 0.6) is 0 Å². The number of nitrogen functional groups attached to an aromatic ring is 1. The van der Waals surface area contributed by atoms with Gasteiger partial charge in [0.15, 0.2) is 5.82 Å². The molecule has 3 heterocycles. The van der Waals surface area contributed by atoms with E-state index in [0.29, 0.717) is 49.3 Å². The molecule has 0 radical (unpaired) electrons. The molecule has 0 saturated heterocycles. The molecule has 0 unspecified atom stereocenters. The first kappa shape index (κ1) is 19.0. The molecule has 8 nitrogen and oxygen atoms in total. The van der Waals surface area contributed by atoms with E-state index in [9.17, 15) is 4.79 Å². The van der Waals surface area contributed by atoms with Gasteiger partial charge in [-0.25, -0.2) is 9.66 Å². The maximum absolute atomic E-state index is 12.4. The summed E-state index contributed by atoms with van der Waals surface area (Å²) >= 11 is 13.5. The molecule has 0 aliphatic rings. The van der Waals surface area contributed by atoms with Crippen molar-refractivity contribution >= 4 is 57.0 Å². The van der Waals surface area contributed by atoms with Crippen molar-refractivity contribution in [1.82, 2.24) is 24.8 Å². The van der Waals surface area contributed by atoms with Gasteiger partial charge in [-0.05, 0) is 30.3 Å². The third-order valence-corrected chi connectivity index (χ3v) is 5.96. The van der Waals surface area contributed by atoms with Gasteiger partial charge >= 0.3 is 0 Å². The summed E-state index contributed by atoms with van der Waals surface area (Å²) in [7, 11) is 0. The first-order valence-corrected chi connectivity index (χ1v) is 10.4. The molecule has 0 amide bonds. The Morgan fingerprint density at radius 3 is 2.83 bits per heavy atom. The summed E-state index contributed by atoms with van der Waals surface area (Å²) in [5, 5.41) is 10.4. The van der Waals surface area contributed by atoms with Crippen LogP contribution >= 0.6 is 35.0 Å². The number of hydrogen-bond acceptors (Lipinski definition) is 7. The third-order valence-electron chi connectivity index (χ3n) is 4.45. The van der Waals surface area contributed by atoms with Crippen molar-refractivity contribution < 1.29 is 4.42 Å². The van der Waals surface area contributed by atoms with E-state index in [1.54, 1.807) is 24.3 Å². The zero-order valence-corrected chi connectivity index (χ0v) is 17.4. The van der Waals surface area contributed by atoms with Crippen LogP contribution in [0, 0.1) is 0 Å². The molecule has 5 aromatic rings. The van der Waals surface area contributed by atoms with E-state index >= 15 is 0 Å². The van der Waals surface area contributed by atoms with Crippen LogP contribution in [0.2, 0.25) is 10.0 Å². The fraction of sp³-hybridized carbons (Fsp3) is 0.0526. The summed E-state index contributed by atoms with van der Waals surface area (Å²) in [5.74, 6) is 7.35. The van der Waals surface area contributed by atoms with E-state index in [4.69, 9.17) is 33.5 Å². The normalized spacial score (nSPS) is 11.5. The van der Waals surface area contributed by atoms with Crippen molar-refractivity contribution in [2.45, 2.75) is 10.9 Å². The zero-order chi connectivity index (χ0) is 20.8. The second-order valence-corrected chi connectivity index (χ2v) is 8.16. The lowest BCUT2D eigenvalue weighted by atomic mass is 10.2. The number of rotatable bonds is 4. The molecule has 0 saturated carbocycles. The summed E-state index contributed by atoms with van der Waals surface area (Å²) in [6, 6.07) is 12.4. The van der Waals surface area contributed by atoms with Crippen LogP contribution < -0.4 is 11.4 Å². The van der Waals surface area contributed by atoms with Crippen molar-refractivity contribution in [2.75, 3.05) is 5.84 Å². The van der Waals surface area contributed by atoms with Gasteiger partial charge in [-0.2, -0.15) is 0 Å². The van der Waals surface area contributed by atoms with Gasteiger partial charge in [0.2, 0.25) is 10.7 Å². The lowest BCUT2D eigenvalue weighted by Gasteiger charge is -2.05. The van der Waals surface area contributed by atoms with Crippen molar-refractivity contribution in [3.05, 3.63) is 68.7 Å². The number of furan rings is 1. The molecular formula is C19H12Cl2N6O2S. The molecule has 0 bridgehead atoms. The molecule has 0 aliphatic heterocycles. The molecule has 30 heavy (non-hydrogen) atoms. The van der Waals surface area contributed by atoms with Gasteiger partial charge in [0.05, 0.1) is 10.8 Å². The quantitative estimate of drug-likeness (QED) is 0.305. The number of hydrogen-bond donors (Lipinski definition) is 2. The van der Waals surface area contributed by atoms with E-state index in [-0.39, 0.29) is 11.1 Å². The van der Waals surface area contributed by atoms with Crippen LogP contribution in [0.1, 0.15) is 5.82 Å². The Morgan fingerprint density at radius 1 is 1.17 bits per heavy atom. The van der Waals surface area contributed by atoms with E-state index < -0.39 is 0 Å². The Hall–Kier alpha value is -3.01. The number of nitrogens with zero attached hydrogens (tertiary/aromatic N) is 4. The average molecular weight is 459 g/mol. The highest BCUT2D eigenvalue weighted by molar-refractivity contribution is 7.98. The molecule has 3 N–H and O–H groups in total. The molecule has 3 aromatic heterocycles. The molecule has 0 atom stereocenters. The lowest BCUT2D eigenvalue weighted by molar-refractivity contribution is 0.660. The SMILES string of the molecule is Nn1c(SCc2nc3c(oc4ccccc43)c(=O)[nH]2)nnc1-c1ccc(Cl)cc1Cl. The molecule has 0 spiro atoms. The fourth-order valence-corrected chi connectivity index (χ4v) is 4.30. The van der Waals surface area contributed by atoms with Crippen LogP contribution in [0.4, 0.5) is 0 Å². The molecule has 150 valence electrons. The monoisotopic (exact) mass is 458 g/mol. The predicted octanol–water partition coefficient (Wildman–Crippen LogP) is 4.24. The highest BCUT2D eigenvalue weighted by atomic mass is 35.5. The van der Waals surface area contributed by atoms with Gasteiger partial charge in [0.1, 0.15) is 16.9 Å². The predicted molar refractivity (Wildman–Crippen MR) is 117 cm³/mol. The standard InChI is InChI=1S/C19H12Cl2N6O2S/c20-9-5-6-10(12(21)7-9)17-25-26-19(27(17)22)30-8-14-23-15-11-3-1-2-4-13(11)29-16(15)18(28)24-14/h1-7H,8,22H2,(H,23,24,28). The minimum absolute atomic E-state index is 0.201. The van der Waals surface area contributed by atoms with E-state index in [1.807, 2.05) is 18.2 Å². The number of benzene rings is 2. The van der Waals surface area contributed by atoms with Crippen LogP contribution in [-0.4, -0.2) is 24.8 Å². The summed E-state index contributed by atoms with van der Waals surface area (Å²) in [6.07, 6.45) is 0. The smallest absolute Gasteiger partial charge is 0.294 e. The van der Waals surface area contributed by atoms with Gasteiger partial charge in [-0.1, -0.05) is 47.1 Å². The second kappa shape index (κ2) is 7.35. The first-order chi connectivity index (χ1) is 14.5. The summed E-state index contributed by atoms with van der Waals surface area (Å²) < 4.78 is 6.95. The number of nitrogens with two attached hydrogens (primary N) is 1. The molecule has 2 aromatic carbocycles. The number of nitrogens with one attached hydrogen (secondary N) is 1. The van der Waals surface area contributed by atoms with Crippen LogP contribution in [0.25, 0.3) is 33.5 Å². The number of thioether (sulfide) groups is 1. The largest absolute Gasteiger partial charge is 0.449 e. The van der Waals surface area contributed by atoms with E-state index in [1.165, 1.54) is 16.4 Å². The van der Waals surface area contributed by atoms with Crippen LogP contribution in [0.3, 0.4) is 0 Å². The second-order valence-electron chi connectivity index (χ2n) is 6.38. The van der Waals surface area contributed by atoms with Crippen LogP contribution in [0.15, 0.2) is 56.8 Å². The van der Waals surface area contributed by atoms with Crippen molar-refractivity contribution in [2.24, 2.45) is 0 Å². The Labute approximate surface area is 183 Å². The van der Waals surface area contributed by atoms with Gasteiger partial charge in [0.25, 0.3) is 5.56 Å². The molecular weight excluding hydrogens is 447 g/mol.